The van der Waals surface area contributed by atoms with E-state index < -0.39 is 0 Å². The zero-order valence-electron chi connectivity index (χ0n) is 39.3. The highest BCUT2D eigenvalue weighted by molar-refractivity contribution is 5.77. The van der Waals surface area contributed by atoms with Crippen LogP contribution in [-0.2, 0) is 18.5 Å². The van der Waals surface area contributed by atoms with Gasteiger partial charge in [-0.25, -0.2) is 0 Å². The Bertz CT molecular complexity index is 2230. The van der Waals surface area contributed by atoms with Crippen molar-refractivity contribution in [3.05, 3.63) is 104 Å². The van der Waals surface area contributed by atoms with Gasteiger partial charge in [0.1, 0.15) is 12.4 Å². The summed E-state index contributed by atoms with van der Waals surface area (Å²) < 4.78 is 0.957. The van der Waals surface area contributed by atoms with Gasteiger partial charge in [0, 0.05) is 47.8 Å². The molecule has 0 saturated carbocycles. The summed E-state index contributed by atoms with van der Waals surface area (Å²) in [7, 11) is 2.52. The number of fused-ring (bicyclic) bond motifs is 4. The summed E-state index contributed by atoms with van der Waals surface area (Å²) in [6.07, 6.45) is 6.10. The van der Waals surface area contributed by atoms with Crippen LogP contribution in [0.5, 0.6) is 0 Å². The van der Waals surface area contributed by atoms with Crippen molar-refractivity contribution >= 4 is 11.4 Å². The van der Waals surface area contributed by atoms with E-state index in [4.69, 9.17) is 0 Å². The molecule has 0 amide bonds. The minimum atomic E-state index is 0.132. The summed E-state index contributed by atoms with van der Waals surface area (Å²) in [5.41, 5.74) is 23.9. The molecular weight excluding hydrogens is 717 g/mol. The number of nitrogens with one attached hydrogen (secondary N) is 2. The van der Waals surface area contributed by atoms with Gasteiger partial charge in [0.2, 0.25) is 0 Å². The van der Waals surface area contributed by atoms with Crippen molar-refractivity contribution < 1.29 is 0 Å². The van der Waals surface area contributed by atoms with E-state index in [1.165, 1.54) is 93.4 Å². The van der Waals surface area contributed by atoms with Crippen LogP contribution in [0.4, 0.5) is 11.4 Å². The predicted molar refractivity (Wildman–Crippen MR) is 255 cm³/mol. The van der Waals surface area contributed by atoms with Gasteiger partial charge in [-0.05, 0) is 168 Å². The van der Waals surface area contributed by atoms with Crippen LogP contribution in [0.15, 0.2) is 48.5 Å². The minimum Gasteiger partial charge on any atom is -0.358 e. The van der Waals surface area contributed by atoms with Gasteiger partial charge in [-0.2, -0.15) is 0 Å². The summed E-state index contributed by atoms with van der Waals surface area (Å²) in [5.74, 6) is 3.84. The van der Waals surface area contributed by atoms with Crippen molar-refractivity contribution in [1.29, 1.82) is 0 Å². The fraction of sp³-hybridized carbons (Fsp3) is 0.564. The molecule has 0 spiro atoms. The molecule has 2 aliphatic carbocycles. The molecular formula is C55H77N4+. The van der Waals surface area contributed by atoms with Gasteiger partial charge >= 0.3 is 0 Å². The van der Waals surface area contributed by atoms with E-state index >= 15 is 0 Å². The maximum absolute atomic E-state index is 3.91. The maximum Gasteiger partial charge on any atom is 0.141 e. The lowest BCUT2D eigenvalue weighted by atomic mass is 9.48. The first-order chi connectivity index (χ1) is 28.2. The summed E-state index contributed by atoms with van der Waals surface area (Å²) >= 11 is 0. The van der Waals surface area contributed by atoms with Gasteiger partial charge in [-0.3, -0.25) is 15.1 Å². The molecule has 0 saturated heterocycles. The lowest BCUT2D eigenvalue weighted by Gasteiger charge is -2.56. The van der Waals surface area contributed by atoms with Crippen LogP contribution in [0.25, 0.3) is 22.3 Å². The highest BCUT2D eigenvalue weighted by atomic mass is 15.4. The highest BCUT2D eigenvalue weighted by Gasteiger charge is 2.54. The molecule has 4 aromatic carbocycles. The average molecular weight is 794 g/mol. The molecule has 0 aromatic heterocycles. The van der Waals surface area contributed by atoms with Crippen molar-refractivity contribution in [3.8, 4) is 22.3 Å². The predicted octanol–water partition coefficient (Wildman–Crippen LogP) is 13.3. The second kappa shape index (κ2) is 16.1. The van der Waals surface area contributed by atoms with Gasteiger partial charge in [-0.1, -0.05) is 92.5 Å². The van der Waals surface area contributed by atoms with Gasteiger partial charge in [0.05, 0.1) is 20.3 Å². The maximum atomic E-state index is 3.91. The normalized spacial score (nSPS) is 25.4. The first kappa shape index (κ1) is 42.3. The van der Waals surface area contributed by atoms with Gasteiger partial charge in [-0.15, -0.1) is 0 Å². The Kier molecular flexibility index (Phi) is 11.5. The summed E-state index contributed by atoms with van der Waals surface area (Å²) in [6.45, 7) is 35.2. The third-order valence-corrected chi connectivity index (χ3v) is 16.9. The topological polar surface area (TPSA) is 27.3 Å². The molecule has 0 radical (unpaired) electrons. The average Bonchev–Trinajstić information content (AvgIpc) is 3.21. The zero-order valence-corrected chi connectivity index (χ0v) is 39.3. The molecule has 4 aliphatic rings. The largest absolute Gasteiger partial charge is 0.358 e. The number of benzene rings is 4. The molecule has 4 heteroatoms. The van der Waals surface area contributed by atoms with Crippen molar-refractivity contribution in [2.24, 2.45) is 17.8 Å². The molecule has 4 nitrogen and oxygen atoms in total. The van der Waals surface area contributed by atoms with Crippen molar-refractivity contribution in [2.75, 3.05) is 38.4 Å². The van der Waals surface area contributed by atoms with E-state index in [1.807, 2.05) is 0 Å². The zero-order chi connectivity index (χ0) is 42.1. The first-order valence-corrected chi connectivity index (χ1v) is 23.8. The quantitative estimate of drug-likeness (QED) is 0.132. The van der Waals surface area contributed by atoms with E-state index in [0.29, 0.717) is 23.7 Å². The Morgan fingerprint density at radius 1 is 0.729 bits per heavy atom. The molecule has 59 heavy (non-hydrogen) atoms. The minimum absolute atomic E-state index is 0.132. The monoisotopic (exact) mass is 794 g/mol. The number of rotatable bonds is 13. The third-order valence-electron chi connectivity index (χ3n) is 16.9. The molecule has 2 aliphatic heterocycles. The summed E-state index contributed by atoms with van der Waals surface area (Å²) in [6, 6.07) is 20.1. The third kappa shape index (κ3) is 6.83. The van der Waals surface area contributed by atoms with Crippen molar-refractivity contribution in [3.63, 3.8) is 0 Å². The SMILES string of the molecule is CCC(CC)CN1CNCc2cc(-c3cc(C)c4c(c3)C(C)(C(C)C(CC)C[N+]3(C)CNCc5cc(-c6cc(C)c7c(c6)C(C)C7CC)cc(C)c53)C4CC)cc(C)c21. The fourth-order valence-corrected chi connectivity index (χ4v) is 13.5. The van der Waals surface area contributed by atoms with Crippen molar-refractivity contribution in [1.82, 2.24) is 15.1 Å². The number of hydrogen-bond donors (Lipinski definition) is 2. The second-order valence-corrected chi connectivity index (χ2v) is 20.3. The van der Waals surface area contributed by atoms with Crippen LogP contribution in [0, 0.1) is 45.4 Å². The lowest BCUT2D eigenvalue weighted by Crippen LogP contribution is -2.59. The molecule has 7 unspecified atom stereocenters. The first-order valence-electron chi connectivity index (χ1n) is 23.8. The van der Waals surface area contributed by atoms with Crippen LogP contribution in [0.3, 0.4) is 0 Å². The number of hydrogen-bond acceptors (Lipinski definition) is 3. The Labute approximate surface area is 359 Å². The number of quaternary nitrogens is 1. The molecule has 2 N–H and O–H groups in total. The Morgan fingerprint density at radius 3 is 2.00 bits per heavy atom. The van der Waals surface area contributed by atoms with Gasteiger partial charge < -0.3 is 4.90 Å². The van der Waals surface area contributed by atoms with Crippen LogP contribution < -0.4 is 20.0 Å². The molecule has 7 atom stereocenters. The number of anilines is 1. The van der Waals surface area contributed by atoms with E-state index in [-0.39, 0.29) is 5.41 Å². The van der Waals surface area contributed by atoms with Gasteiger partial charge in [0.15, 0.2) is 0 Å². The van der Waals surface area contributed by atoms with E-state index in [1.54, 1.807) is 27.9 Å². The van der Waals surface area contributed by atoms with E-state index in [2.05, 4.69) is 154 Å². The Morgan fingerprint density at radius 2 is 1.34 bits per heavy atom. The lowest BCUT2D eigenvalue weighted by molar-refractivity contribution is 0.111. The van der Waals surface area contributed by atoms with Crippen LogP contribution in [0.1, 0.15) is 161 Å². The Balaban J connectivity index is 1.09. The van der Waals surface area contributed by atoms with Crippen LogP contribution in [0.2, 0.25) is 0 Å². The number of aryl methyl sites for hydroxylation is 4. The molecule has 8 rings (SSSR count). The highest BCUT2D eigenvalue weighted by Crippen LogP contribution is 2.61. The van der Waals surface area contributed by atoms with Crippen LogP contribution in [-0.4, -0.2) is 33.5 Å². The molecule has 0 bridgehead atoms. The van der Waals surface area contributed by atoms with E-state index in [0.717, 1.165) is 55.8 Å². The Hall–Kier alpha value is -3.44. The molecule has 2 heterocycles. The standard InChI is InChI=1S/C55H77N4/c1-14-39(15-2)29-58-31-56-27-45-23-41(21-35(8)53(45)58)44-20-34(7)52-49(18-5)55(12,50(52)26-44)38(11)40(16-3)30-59(13)32-57-28-46-24-42(22-36(9)54(46)59)43-19-33(6)51-47(17-4)37(10)48(51)25-43/h19-26,37-40,47,49,56-57H,14-18,27-32H2,1-13H3/q+1. The molecule has 316 valence electrons. The summed E-state index contributed by atoms with van der Waals surface area (Å²) in [5, 5.41) is 7.66. The van der Waals surface area contributed by atoms with Crippen LogP contribution >= 0.6 is 0 Å². The summed E-state index contributed by atoms with van der Waals surface area (Å²) in [4.78, 5) is 2.61. The van der Waals surface area contributed by atoms with Crippen molar-refractivity contribution in [2.45, 2.75) is 151 Å². The molecule has 4 aromatic rings. The smallest absolute Gasteiger partial charge is 0.141 e. The fourth-order valence-electron chi connectivity index (χ4n) is 13.5. The van der Waals surface area contributed by atoms with E-state index in [9.17, 15) is 0 Å². The molecule has 0 fully saturated rings. The number of nitrogens with zero attached hydrogens (tertiary/aromatic N) is 2. The van der Waals surface area contributed by atoms with Gasteiger partial charge in [0.25, 0.3) is 0 Å². The second-order valence-electron chi connectivity index (χ2n) is 20.3.